The summed E-state index contributed by atoms with van der Waals surface area (Å²) in [4.78, 5) is 38.2. The Bertz CT molecular complexity index is 899. The van der Waals surface area contributed by atoms with Crippen LogP contribution in [0.15, 0.2) is 54.6 Å². The second-order valence-corrected chi connectivity index (χ2v) is 7.93. The summed E-state index contributed by atoms with van der Waals surface area (Å²) in [5, 5.41) is 8.43. The first-order valence-corrected chi connectivity index (χ1v) is 10.6. The number of hydrogen-bond acceptors (Lipinski definition) is 4. The maximum Gasteiger partial charge on any atom is 0.243 e. The molecule has 2 aromatic rings. The van der Waals surface area contributed by atoms with Crippen molar-refractivity contribution < 1.29 is 14.4 Å². The van der Waals surface area contributed by atoms with E-state index in [1.807, 2.05) is 54.4 Å². The average molecular weight is 423 g/mol. The molecule has 1 heterocycles. The highest BCUT2D eigenvalue weighted by atomic mass is 16.2. The Morgan fingerprint density at radius 2 is 1.65 bits per heavy atom. The van der Waals surface area contributed by atoms with Crippen molar-refractivity contribution in [3.05, 3.63) is 65.7 Å². The zero-order chi connectivity index (χ0) is 22.2. The van der Waals surface area contributed by atoms with E-state index in [1.54, 1.807) is 6.92 Å². The maximum absolute atomic E-state index is 12.5. The first-order valence-electron chi connectivity index (χ1n) is 10.6. The third-order valence-corrected chi connectivity index (χ3v) is 5.45. The number of likely N-dealkylation sites (N-methyl/N-ethyl adjacent to an activating group) is 1. The van der Waals surface area contributed by atoms with Crippen LogP contribution in [0.5, 0.6) is 0 Å². The molecule has 7 nitrogen and oxygen atoms in total. The van der Waals surface area contributed by atoms with Crippen LogP contribution in [0.3, 0.4) is 0 Å². The van der Waals surface area contributed by atoms with Gasteiger partial charge in [0.2, 0.25) is 17.7 Å². The summed E-state index contributed by atoms with van der Waals surface area (Å²) in [6, 6.07) is 17.5. The van der Waals surface area contributed by atoms with E-state index in [2.05, 4.69) is 28.1 Å². The van der Waals surface area contributed by atoms with Gasteiger partial charge in [-0.1, -0.05) is 49.4 Å². The zero-order valence-corrected chi connectivity index (χ0v) is 18.1. The van der Waals surface area contributed by atoms with Gasteiger partial charge < -0.3 is 16.0 Å². The minimum atomic E-state index is -0.354. The fourth-order valence-electron chi connectivity index (χ4n) is 3.77. The quantitative estimate of drug-likeness (QED) is 0.606. The molecule has 2 atom stereocenters. The Kier molecular flexibility index (Phi) is 7.78. The van der Waals surface area contributed by atoms with Crippen LogP contribution in [0.25, 0.3) is 0 Å². The molecule has 0 unspecified atom stereocenters. The summed E-state index contributed by atoms with van der Waals surface area (Å²) in [7, 11) is 1.85. The molecule has 1 fully saturated rings. The van der Waals surface area contributed by atoms with Gasteiger partial charge in [0.25, 0.3) is 0 Å². The lowest BCUT2D eigenvalue weighted by Gasteiger charge is -2.18. The van der Waals surface area contributed by atoms with Crippen LogP contribution >= 0.6 is 0 Å². The molecule has 3 amide bonds. The molecule has 1 aliphatic heterocycles. The molecular weight excluding hydrogens is 392 g/mol. The smallest absolute Gasteiger partial charge is 0.243 e. The third-order valence-electron chi connectivity index (χ3n) is 5.45. The standard InChI is InChI=1S/C24H30N4O3/c1-3-22(29)27-20-14-21(28(2)16-20)24(31)25-15-23(30)26-19-11-9-18(10-12-19)13-17-7-5-4-6-8-17/h4-12,20-21H,3,13-16H2,1-2H3,(H,25,31)(H,26,30)(H,27,29)/t20-,21+/m1/s1. The number of rotatable bonds is 8. The van der Waals surface area contributed by atoms with Gasteiger partial charge in [-0.3, -0.25) is 19.3 Å². The number of anilines is 1. The molecule has 0 aliphatic carbocycles. The highest BCUT2D eigenvalue weighted by Gasteiger charge is 2.35. The summed E-state index contributed by atoms with van der Waals surface area (Å²) in [5.41, 5.74) is 3.08. The molecule has 0 radical (unpaired) electrons. The fraction of sp³-hybridized carbons (Fsp3) is 0.375. The Morgan fingerprint density at radius 1 is 0.968 bits per heavy atom. The van der Waals surface area contributed by atoms with E-state index < -0.39 is 0 Å². The van der Waals surface area contributed by atoms with E-state index in [0.29, 0.717) is 25.1 Å². The van der Waals surface area contributed by atoms with Gasteiger partial charge in [0, 0.05) is 24.7 Å². The molecule has 7 heteroatoms. The van der Waals surface area contributed by atoms with Gasteiger partial charge in [0.05, 0.1) is 12.6 Å². The van der Waals surface area contributed by atoms with Gasteiger partial charge in [0.15, 0.2) is 0 Å². The Morgan fingerprint density at radius 3 is 2.32 bits per heavy atom. The highest BCUT2D eigenvalue weighted by Crippen LogP contribution is 2.16. The number of amides is 3. The van der Waals surface area contributed by atoms with Crippen LogP contribution in [0.1, 0.15) is 30.9 Å². The van der Waals surface area contributed by atoms with E-state index in [9.17, 15) is 14.4 Å². The van der Waals surface area contributed by atoms with E-state index in [4.69, 9.17) is 0 Å². The Labute approximate surface area is 183 Å². The van der Waals surface area contributed by atoms with Crippen molar-refractivity contribution in [1.29, 1.82) is 0 Å². The molecule has 1 aliphatic rings. The van der Waals surface area contributed by atoms with E-state index in [0.717, 1.165) is 12.0 Å². The number of carbonyl (C=O) groups is 3. The lowest BCUT2D eigenvalue weighted by Crippen LogP contribution is -2.44. The largest absolute Gasteiger partial charge is 0.352 e. The predicted molar refractivity (Wildman–Crippen MR) is 121 cm³/mol. The highest BCUT2D eigenvalue weighted by molar-refractivity contribution is 5.95. The van der Waals surface area contributed by atoms with Crippen molar-refractivity contribution in [2.45, 2.75) is 38.3 Å². The molecule has 2 aromatic carbocycles. The number of nitrogens with zero attached hydrogens (tertiary/aromatic N) is 1. The summed E-state index contributed by atoms with van der Waals surface area (Å²) < 4.78 is 0. The summed E-state index contributed by atoms with van der Waals surface area (Å²) >= 11 is 0. The lowest BCUT2D eigenvalue weighted by molar-refractivity contribution is -0.127. The molecule has 0 saturated carbocycles. The van der Waals surface area contributed by atoms with E-state index in [-0.39, 0.29) is 36.3 Å². The minimum absolute atomic E-state index is 0.0198. The van der Waals surface area contributed by atoms with Crippen molar-refractivity contribution in [2.75, 3.05) is 25.5 Å². The second kappa shape index (κ2) is 10.7. The molecular formula is C24H30N4O3. The Hall–Kier alpha value is -3.19. The van der Waals surface area contributed by atoms with Gasteiger partial charge in [-0.2, -0.15) is 0 Å². The van der Waals surface area contributed by atoms with Crippen LogP contribution in [-0.2, 0) is 20.8 Å². The SMILES string of the molecule is CCC(=O)N[C@@H]1C[C@@H](C(=O)NCC(=O)Nc2ccc(Cc3ccccc3)cc2)N(C)C1. The predicted octanol–water partition coefficient (Wildman–Crippen LogP) is 1.93. The number of carbonyl (C=O) groups excluding carboxylic acids is 3. The monoisotopic (exact) mass is 422 g/mol. The molecule has 0 bridgehead atoms. The molecule has 0 aromatic heterocycles. The van der Waals surface area contributed by atoms with Crippen LogP contribution in [-0.4, -0.2) is 54.8 Å². The Balaban J connectivity index is 1.43. The average Bonchev–Trinajstić information content (AvgIpc) is 3.14. The van der Waals surface area contributed by atoms with Crippen molar-refractivity contribution in [2.24, 2.45) is 0 Å². The van der Waals surface area contributed by atoms with Crippen LogP contribution in [0.4, 0.5) is 5.69 Å². The van der Waals surface area contributed by atoms with Gasteiger partial charge in [-0.25, -0.2) is 0 Å². The molecule has 31 heavy (non-hydrogen) atoms. The van der Waals surface area contributed by atoms with Gasteiger partial charge in [-0.15, -0.1) is 0 Å². The summed E-state index contributed by atoms with van der Waals surface area (Å²) in [5.74, 6) is -0.502. The topological polar surface area (TPSA) is 90.5 Å². The minimum Gasteiger partial charge on any atom is -0.352 e. The normalized spacial score (nSPS) is 18.4. The molecule has 3 N–H and O–H groups in total. The first kappa shape index (κ1) is 22.5. The number of nitrogens with one attached hydrogen (secondary N) is 3. The van der Waals surface area contributed by atoms with Gasteiger partial charge >= 0.3 is 0 Å². The van der Waals surface area contributed by atoms with Crippen LogP contribution in [0, 0.1) is 0 Å². The number of likely N-dealkylation sites (tertiary alicyclic amines) is 1. The molecule has 0 spiro atoms. The van der Waals surface area contributed by atoms with Crippen molar-refractivity contribution in [3.8, 4) is 0 Å². The fourth-order valence-corrected chi connectivity index (χ4v) is 3.77. The summed E-state index contributed by atoms with van der Waals surface area (Å²) in [6.07, 6.45) is 1.79. The summed E-state index contributed by atoms with van der Waals surface area (Å²) in [6.45, 7) is 2.32. The number of hydrogen-bond donors (Lipinski definition) is 3. The van der Waals surface area contributed by atoms with E-state index >= 15 is 0 Å². The molecule has 164 valence electrons. The van der Waals surface area contributed by atoms with Crippen molar-refractivity contribution >= 4 is 23.4 Å². The first-order chi connectivity index (χ1) is 14.9. The van der Waals surface area contributed by atoms with Crippen LogP contribution in [0.2, 0.25) is 0 Å². The van der Waals surface area contributed by atoms with Gasteiger partial charge in [-0.05, 0) is 43.1 Å². The van der Waals surface area contributed by atoms with Crippen molar-refractivity contribution in [1.82, 2.24) is 15.5 Å². The van der Waals surface area contributed by atoms with Gasteiger partial charge in [0.1, 0.15) is 0 Å². The third kappa shape index (κ3) is 6.65. The van der Waals surface area contributed by atoms with Crippen molar-refractivity contribution in [3.63, 3.8) is 0 Å². The molecule has 1 saturated heterocycles. The van der Waals surface area contributed by atoms with E-state index in [1.165, 1.54) is 5.56 Å². The second-order valence-electron chi connectivity index (χ2n) is 7.93. The zero-order valence-electron chi connectivity index (χ0n) is 18.1. The maximum atomic E-state index is 12.5. The van der Waals surface area contributed by atoms with Crippen LogP contribution < -0.4 is 16.0 Å². The molecule has 3 rings (SSSR count). The lowest BCUT2D eigenvalue weighted by atomic mass is 10.0. The number of benzene rings is 2.